The smallest absolute Gasteiger partial charge is 0.240 e. The number of amides is 1. The molecule has 1 aromatic heterocycles. The van der Waals surface area contributed by atoms with Gasteiger partial charge in [-0.3, -0.25) is 4.79 Å². The van der Waals surface area contributed by atoms with Crippen LogP contribution < -0.4 is 27.4 Å². The van der Waals surface area contributed by atoms with Crippen LogP contribution >= 0.6 is 15.9 Å². The van der Waals surface area contributed by atoms with Crippen LogP contribution in [0, 0.1) is 0 Å². The van der Waals surface area contributed by atoms with Crippen molar-refractivity contribution < 1.29 is 4.79 Å². The highest BCUT2D eigenvalue weighted by Crippen LogP contribution is 2.28. The molecular formula is C23H26BrN7O. The minimum Gasteiger partial charge on any atom is -0.399 e. The number of nitrogen functional groups attached to an aromatic ring is 1. The SMILES string of the molecule is Nc1cccc(Nc2ncc(Br)c(NCCCNC(=O)C3(N)Cc4ccccc4C3)n2)c1. The first-order valence-electron chi connectivity index (χ1n) is 10.5. The maximum absolute atomic E-state index is 12.7. The Kier molecular flexibility index (Phi) is 6.57. The summed E-state index contributed by atoms with van der Waals surface area (Å²) in [5.41, 5.74) is 15.1. The van der Waals surface area contributed by atoms with Crippen molar-refractivity contribution in [1.29, 1.82) is 0 Å². The summed E-state index contributed by atoms with van der Waals surface area (Å²) in [5.74, 6) is 1.02. The molecule has 4 rings (SSSR count). The standard InChI is InChI=1S/C23H26BrN7O/c24-19-14-29-22(30-18-8-3-7-17(25)11-18)31-20(19)27-9-4-10-28-21(32)23(26)12-15-5-1-2-6-16(15)13-23/h1-3,5-8,11,14H,4,9-10,12-13,25-26H2,(H,28,32)(H2,27,29,30,31). The Morgan fingerprint density at radius 1 is 1.09 bits per heavy atom. The van der Waals surface area contributed by atoms with Crippen LogP contribution in [0.5, 0.6) is 0 Å². The molecule has 166 valence electrons. The summed E-state index contributed by atoms with van der Waals surface area (Å²) in [6.07, 6.45) is 3.55. The molecule has 0 aliphatic heterocycles. The van der Waals surface area contributed by atoms with E-state index in [1.807, 2.05) is 48.5 Å². The van der Waals surface area contributed by atoms with Crippen LogP contribution in [0.15, 0.2) is 59.2 Å². The quantitative estimate of drug-likeness (QED) is 0.239. The molecule has 1 amide bonds. The highest BCUT2D eigenvalue weighted by molar-refractivity contribution is 9.10. The van der Waals surface area contributed by atoms with Gasteiger partial charge in [-0.1, -0.05) is 30.3 Å². The number of benzene rings is 2. The van der Waals surface area contributed by atoms with Crippen LogP contribution in [-0.4, -0.2) is 34.5 Å². The number of nitrogens with two attached hydrogens (primary N) is 2. The number of nitrogens with one attached hydrogen (secondary N) is 3. The summed E-state index contributed by atoms with van der Waals surface area (Å²) in [5, 5.41) is 9.39. The Hall–Kier alpha value is -3.17. The maximum Gasteiger partial charge on any atom is 0.240 e. The summed E-state index contributed by atoms with van der Waals surface area (Å²) < 4.78 is 0.754. The van der Waals surface area contributed by atoms with E-state index in [0.717, 1.165) is 27.7 Å². The molecule has 0 bridgehead atoms. The fraction of sp³-hybridized carbons (Fsp3) is 0.261. The summed E-state index contributed by atoms with van der Waals surface area (Å²) >= 11 is 3.46. The molecule has 1 aliphatic rings. The van der Waals surface area contributed by atoms with Gasteiger partial charge in [0, 0.05) is 30.7 Å². The van der Waals surface area contributed by atoms with Gasteiger partial charge in [0.05, 0.1) is 4.47 Å². The first-order chi connectivity index (χ1) is 15.4. The molecule has 0 saturated heterocycles. The van der Waals surface area contributed by atoms with Gasteiger partial charge >= 0.3 is 0 Å². The van der Waals surface area contributed by atoms with Gasteiger partial charge in [0.1, 0.15) is 11.4 Å². The second-order valence-corrected chi connectivity index (χ2v) is 8.81. The zero-order valence-electron chi connectivity index (χ0n) is 17.6. The predicted molar refractivity (Wildman–Crippen MR) is 131 cm³/mol. The Morgan fingerprint density at radius 2 is 1.84 bits per heavy atom. The van der Waals surface area contributed by atoms with E-state index >= 15 is 0 Å². The van der Waals surface area contributed by atoms with E-state index in [-0.39, 0.29) is 5.91 Å². The fourth-order valence-corrected chi connectivity index (χ4v) is 4.11. The van der Waals surface area contributed by atoms with Gasteiger partial charge in [-0.2, -0.15) is 4.98 Å². The molecular weight excluding hydrogens is 470 g/mol. The highest BCUT2D eigenvalue weighted by Gasteiger charge is 2.39. The first-order valence-corrected chi connectivity index (χ1v) is 11.3. The van der Waals surface area contributed by atoms with Crippen LogP contribution in [0.4, 0.5) is 23.1 Å². The van der Waals surface area contributed by atoms with E-state index in [9.17, 15) is 4.79 Å². The predicted octanol–water partition coefficient (Wildman–Crippen LogP) is 2.98. The number of carbonyl (C=O) groups is 1. The first kappa shape index (κ1) is 22.0. The van der Waals surface area contributed by atoms with Crippen molar-refractivity contribution in [2.45, 2.75) is 24.8 Å². The van der Waals surface area contributed by atoms with Crippen LogP contribution in [0.1, 0.15) is 17.5 Å². The molecule has 0 saturated carbocycles. The van der Waals surface area contributed by atoms with Crippen LogP contribution in [0.3, 0.4) is 0 Å². The molecule has 8 nitrogen and oxygen atoms in total. The van der Waals surface area contributed by atoms with E-state index in [1.165, 1.54) is 0 Å². The van der Waals surface area contributed by atoms with E-state index in [1.54, 1.807) is 6.20 Å². The minimum absolute atomic E-state index is 0.106. The van der Waals surface area contributed by atoms with Crippen molar-refractivity contribution in [3.63, 3.8) is 0 Å². The Bertz CT molecular complexity index is 1100. The van der Waals surface area contributed by atoms with Crippen molar-refractivity contribution in [2.75, 3.05) is 29.5 Å². The fourth-order valence-electron chi connectivity index (χ4n) is 3.78. The van der Waals surface area contributed by atoms with E-state index < -0.39 is 5.54 Å². The average molecular weight is 496 g/mol. The Morgan fingerprint density at radius 3 is 2.56 bits per heavy atom. The number of halogens is 1. The lowest BCUT2D eigenvalue weighted by Crippen LogP contribution is -2.55. The average Bonchev–Trinajstić information content (AvgIpc) is 3.13. The summed E-state index contributed by atoms with van der Waals surface area (Å²) in [4.78, 5) is 21.4. The number of hydrogen-bond donors (Lipinski definition) is 5. The number of hydrogen-bond acceptors (Lipinski definition) is 7. The molecule has 7 N–H and O–H groups in total. The van der Waals surface area contributed by atoms with Gasteiger partial charge in [0.25, 0.3) is 0 Å². The van der Waals surface area contributed by atoms with Gasteiger partial charge in [0.15, 0.2) is 0 Å². The Balaban J connectivity index is 1.25. The van der Waals surface area contributed by atoms with Crippen LogP contribution in [-0.2, 0) is 17.6 Å². The lowest BCUT2D eigenvalue weighted by Gasteiger charge is -2.22. The number of carbonyl (C=O) groups excluding carboxylic acids is 1. The molecule has 9 heteroatoms. The molecule has 1 heterocycles. The number of aromatic nitrogens is 2. The zero-order chi connectivity index (χ0) is 22.6. The van der Waals surface area contributed by atoms with Gasteiger partial charge < -0.3 is 27.4 Å². The van der Waals surface area contributed by atoms with Gasteiger partial charge in [0.2, 0.25) is 11.9 Å². The zero-order valence-corrected chi connectivity index (χ0v) is 19.2. The topological polar surface area (TPSA) is 131 Å². The third kappa shape index (κ3) is 5.17. The third-order valence-corrected chi connectivity index (χ3v) is 5.98. The van der Waals surface area contributed by atoms with Crippen molar-refractivity contribution in [1.82, 2.24) is 15.3 Å². The molecule has 0 atom stereocenters. The second-order valence-electron chi connectivity index (χ2n) is 7.96. The number of nitrogens with zero attached hydrogens (tertiary/aromatic N) is 2. The maximum atomic E-state index is 12.7. The third-order valence-electron chi connectivity index (χ3n) is 5.40. The second kappa shape index (κ2) is 9.54. The van der Waals surface area contributed by atoms with Crippen molar-refractivity contribution in [3.8, 4) is 0 Å². The number of fused-ring (bicyclic) bond motifs is 1. The summed E-state index contributed by atoms with van der Waals surface area (Å²) in [6, 6.07) is 15.4. The molecule has 0 unspecified atom stereocenters. The molecule has 0 radical (unpaired) electrons. The summed E-state index contributed by atoms with van der Waals surface area (Å²) in [6.45, 7) is 1.16. The van der Waals surface area contributed by atoms with Gasteiger partial charge in [-0.25, -0.2) is 4.98 Å². The van der Waals surface area contributed by atoms with Gasteiger partial charge in [-0.05, 0) is 64.5 Å². The van der Waals surface area contributed by atoms with E-state index in [2.05, 4.69) is 41.8 Å². The molecule has 1 aliphatic carbocycles. The monoisotopic (exact) mass is 495 g/mol. The normalized spacial score (nSPS) is 13.9. The van der Waals surface area contributed by atoms with Crippen molar-refractivity contribution in [2.24, 2.45) is 5.73 Å². The Labute approximate surface area is 195 Å². The highest BCUT2D eigenvalue weighted by atomic mass is 79.9. The van der Waals surface area contributed by atoms with Gasteiger partial charge in [-0.15, -0.1) is 0 Å². The largest absolute Gasteiger partial charge is 0.399 e. The molecule has 0 fully saturated rings. The lowest BCUT2D eigenvalue weighted by molar-refractivity contribution is -0.126. The molecule has 0 spiro atoms. The lowest BCUT2D eigenvalue weighted by atomic mass is 9.96. The summed E-state index contributed by atoms with van der Waals surface area (Å²) in [7, 11) is 0. The number of anilines is 4. The van der Waals surface area contributed by atoms with Crippen molar-refractivity contribution >= 4 is 45.0 Å². The number of rotatable bonds is 8. The minimum atomic E-state index is -0.867. The van der Waals surface area contributed by atoms with E-state index in [0.29, 0.717) is 43.4 Å². The van der Waals surface area contributed by atoms with Crippen molar-refractivity contribution in [3.05, 3.63) is 70.3 Å². The molecule has 2 aromatic carbocycles. The van der Waals surface area contributed by atoms with E-state index in [4.69, 9.17) is 11.5 Å². The molecule has 3 aromatic rings. The molecule has 32 heavy (non-hydrogen) atoms. The van der Waals surface area contributed by atoms with Crippen LogP contribution in [0.2, 0.25) is 0 Å². The van der Waals surface area contributed by atoms with Crippen LogP contribution in [0.25, 0.3) is 0 Å².